The van der Waals surface area contributed by atoms with Crippen molar-refractivity contribution < 1.29 is 13.2 Å². The number of carbonyl (C=O) groups excluding carboxylic acids is 1. The van der Waals surface area contributed by atoms with Crippen LogP contribution < -0.4 is 5.32 Å². The highest BCUT2D eigenvalue weighted by atomic mass is 32.2. The fraction of sp³-hybridized carbons (Fsp3) is 0.318. The number of aryl methyl sites for hydroxylation is 1. The van der Waals surface area contributed by atoms with Gasteiger partial charge in [0.25, 0.3) is 0 Å². The molecule has 0 fully saturated rings. The molecule has 0 bridgehead atoms. The molecule has 0 unspecified atom stereocenters. The quantitative estimate of drug-likeness (QED) is 0.634. The van der Waals surface area contributed by atoms with Crippen LogP contribution in [0.25, 0.3) is 5.69 Å². The molecular weight excluding hydrogens is 414 g/mol. The Morgan fingerprint density at radius 3 is 2.52 bits per heavy atom. The van der Waals surface area contributed by atoms with Gasteiger partial charge in [-0.3, -0.25) is 9.78 Å². The number of nitrogens with one attached hydrogen (secondary N) is 1. The Morgan fingerprint density at radius 2 is 1.90 bits per heavy atom. The van der Waals surface area contributed by atoms with E-state index >= 15 is 0 Å². The van der Waals surface area contributed by atoms with Gasteiger partial charge in [0.15, 0.2) is 0 Å². The van der Waals surface area contributed by atoms with Crippen molar-refractivity contribution in [1.82, 2.24) is 19.1 Å². The van der Waals surface area contributed by atoms with E-state index in [9.17, 15) is 13.2 Å². The van der Waals surface area contributed by atoms with Gasteiger partial charge in [0.1, 0.15) is 10.7 Å². The van der Waals surface area contributed by atoms with Gasteiger partial charge >= 0.3 is 0 Å². The smallest absolute Gasteiger partial charge is 0.244 e. The number of likely N-dealkylation sites (N-methyl/N-ethyl adjacent to an activating group) is 1. The summed E-state index contributed by atoms with van der Waals surface area (Å²) in [7, 11) is -2.46. The van der Waals surface area contributed by atoms with Crippen LogP contribution in [0.1, 0.15) is 32.0 Å². The van der Waals surface area contributed by atoms with Crippen LogP contribution in [0.5, 0.6) is 0 Å². The lowest BCUT2D eigenvalue weighted by Crippen LogP contribution is -2.35. The van der Waals surface area contributed by atoms with Crippen molar-refractivity contribution in [2.45, 2.75) is 38.0 Å². The van der Waals surface area contributed by atoms with Crippen molar-refractivity contribution in [2.24, 2.45) is 0 Å². The minimum Gasteiger partial charge on any atom is -0.309 e. The maximum Gasteiger partial charge on any atom is 0.244 e. The standard InChI is InChI=1S/C22H27N5O3S/c1-16-8-6-9-17(12-16)27-20(13-19(25-27)22(2,3)4)24-21(28)15-26(5)31(29,30)18-10-7-11-23-14-18/h6-14H,15H2,1-5H3,(H,24,28). The third-order valence-electron chi connectivity index (χ3n) is 4.70. The van der Waals surface area contributed by atoms with Gasteiger partial charge in [-0.15, -0.1) is 0 Å². The number of hydrogen-bond acceptors (Lipinski definition) is 5. The highest BCUT2D eigenvalue weighted by molar-refractivity contribution is 7.89. The number of sulfonamides is 1. The van der Waals surface area contributed by atoms with Gasteiger partial charge in [0, 0.05) is 30.9 Å². The summed E-state index contributed by atoms with van der Waals surface area (Å²) in [6.45, 7) is 7.75. The lowest BCUT2D eigenvalue weighted by Gasteiger charge is -2.17. The third-order valence-corrected chi connectivity index (χ3v) is 6.49. The topological polar surface area (TPSA) is 97.2 Å². The lowest BCUT2D eigenvalue weighted by atomic mass is 9.92. The Bertz CT molecular complexity index is 1180. The van der Waals surface area contributed by atoms with E-state index < -0.39 is 15.9 Å². The monoisotopic (exact) mass is 441 g/mol. The minimum absolute atomic E-state index is 0.0325. The fourth-order valence-electron chi connectivity index (χ4n) is 2.94. The summed E-state index contributed by atoms with van der Waals surface area (Å²) < 4.78 is 28.0. The van der Waals surface area contributed by atoms with Crippen molar-refractivity contribution in [3.05, 3.63) is 66.1 Å². The second kappa shape index (κ2) is 8.60. The molecule has 1 amide bonds. The van der Waals surface area contributed by atoms with Gasteiger partial charge in [-0.25, -0.2) is 13.1 Å². The molecule has 9 heteroatoms. The van der Waals surface area contributed by atoms with Gasteiger partial charge in [-0.1, -0.05) is 32.9 Å². The molecule has 0 aliphatic rings. The number of aromatic nitrogens is 3. The predicted octanol–water partition coefficient (Wildman–Crippen LogP) is 3.13. The number of anilines is 1. The summed E-state index contributed by atoms with van der Waals surface area (Å²) in [5.41, 5.74) is 2.45. The molecule has 2 heterocycles. The van der Waals surface area contributed by atoms with Crippen molar-refractivity contribution in [1.29, 1.82) is 0 Å². The van der Waals surface area contributed by atoms with Crippen LogP contribution in [0.15, 0.2) is 59.8 Å². The van der Waals surface area contributed by atoms with E-state index in [1.165, 1.54) is 31.6 Å². The van der Waals surface area contributed by atoms with Crippen LogP contribution in [-0.2, 0) is 20.2 Å². The van der Waals surface area contributed by atoms with Crippen LogP contribution in [0.2, 0.25) is 0 Å². The number of benzene rings is 1. The predicted molar refractivity (Wildman–Crippen MR) is 120 cm³/mol. The SMILES string of the molecule is Cc1cccc(-n2nc(C(C)(C)C)cc2NC(=O)CN(C)S(=O)(=O)c2cccnc2)c1. The van der Waals surface area contributed by atoms with Crippen molar-refractivity contribution >= 4 is 21.7 Å². The number of nitrogens with zero attached hydrogens (tertiary/aromatic N) is 4. The molecule has 2 aromatic heterocycles. The van der Waals surface area contributed by atoms with Gasteiger partial charge in [0.05, 0.1) is 17.9 Å². The zero-order chi connectivity index (χ0) is 22.8. The summed E-state index contributed by atoms with van der Waals surface area (Å²) in [4.78, 5) is 16.6. The molecular formula is C22H27N5O3S. The van der Waals surface area contributed by atoms with Crippen molar-refractivity contribution in [3.8, 4) is 5.69 Å². The molecule has 0 aliphatic carbocycles. The number of amides is 1. The van der Waals surface area contributed by atoms with E-state index in [1.807, 2.05) is 58.0 Å². The summed E-state index contributed by atoms with van der Waals surface area (Å²) in [6.07, 6.45) is 2.75. The first kappa shape index (κ1) is 22.6. The third kappa shape index (κ3) is 5.18. The second-order valence-electron chi connectivity index (χ2n) is 8.41. The molecule has 3 aromatic rings. The first-order chi connectivity index (χ1) is 14.5. The zero-order valence-electron chi connectivity index (χ0n) is 18.3. The Kier molecular flexibility index (Phi) is 6.28. The summed E-state index contributed by atoms with van der Waals surface area (Å²) in [5.74, 6) is 0.0110. The molecule has 31 heavy (non-hydrogen) atoms. The average molecular weight is 442 g/mol. The molecule has 0 saturated carbocycles. The normalized spacial score (nSPS) is 12.2. The number of pyridine rings is 1. The molecule has 3 rings (SSSR count). The van der Waals surface area contributed by atoms with Crippen LogP contribution in [0, 0.1) is 6.92 Å². The first-order valence-electron chi connectivity index (χ1n) is 9.82. The highest BCUT2D eigenvalue weighted by Gasteiger charge is 2.25. The summed E-state index contributed by atoms with van der Waals surface area (Å²) >= 11 is 0. The zero-order valence-corrected chi connectivity index (χ0v) is 19.1. The van der Waals surface area contributed by atoms with Crippen LogP contribution in [-0.4, -0.2) is 47.0 Å². The lowest BCUT2D eigenvalue weighted by molar-refractivity contribution is -0.116. The van der Waals surface area contributed by atoms with Crippen LogP contribution in [0.4, 0.5) is 5.82 Å². The Hall–Kier alpha value is -3.04. The number of carbonyl (C=O) groups is 1. The minimum atomic E-state index is -3.82. The summed E-state index contributed by atoms with van der Waals surface area (Å²) in [5, 5.41) is 7.50. The average Bonchev–Trinajstić information content (AvgIpc) is 3.12. The molecule has 0 atom stereocenters. The molecule has 164 valence electrons. The molecule has 0 radical (unpaired) electrons. The van der Waals surface area contributed by atoms with Gasteiger partial charge in [-0.05, 0) is 36.8 Å². The van der Waals surface area contributed by atoms with E-state index in [1.54, 1.807) is 4.68 Å². The maximum atomic E-state index is 12.7. The second-order valence-corrected chi connectivity index (χ2v) is 10.5. The van der Waals surface area contributed by atoms with Crippen molar-refractivity contribution in [2.75, 3.05) is 18.9 Å². The van der Waals surface area contributed by atoms with E-state index in [4.69, 9.17) is 0 Å². The van der Waals surface area contributed by atoms with Gasteiger partial charge in [-0.2, -0.15) is 9.40 Å². The van der Waals surface area contributed by atoms with Gasteiger partial charge in [0.2, 0.25) is 15.9 Å². The fourth-order valence-corrected chi connectivity index (χ4v) is 4.03. The Morgan fingerprint density at radius 1 is 1.16 bits per heavy atom. The molecule has 0 saturated heterocycles. The number of rotatable bonds is 6. The maximum absolute atomic E-state index is 12.7. The Labute approximate surface area is 183 Å². The molecule has 1 N–H and O–H groups in total. The molecule has 8 nitrogen and oxygen atoms in total. The van der Waals surface area contributed by atoms with Gasteiger partial charge < -0.3 is 5.32 Å². The first-order valence-corrected chi connectivity index (χ1v) is 11.3. The van der Waals surface area contributed by atoms with Crippen LogP contribution in [0.3, 0.4) is 0 Å². The molecule has 0 spiro atoms. The van der Waals surface area contributed by atoms with Crippen LogP contribution >= 0.6 is 0 Å². The Balaban J connectivity index is 1.86. The van der Waals surface area contributed by atoms with E-state index in [0.29, 0.717) is 5.82 Å². The molecule has 0 aliphatic heterocycles. The van der Waals surface area contributed by atoms with Crippen molar-refractivity contribution in [3.63, 3.8) is 0 Å². The summed E-state index contributed by atoms with van der Waals surface area (Å²) in [6, 6.07) is 12.6. The molecule has 1 aromatic carbocycles. The largest absolute Gasteiger partial charge is 0.309 e. The highest BCUT2D eigenvalue weighted by Crippen LogP contribution is 2.26. The van der Waals surface area contributed by atoms with E-state index in [-0.39, 0.29) is 16.9 Å². The number of hydrogen-bond donors (Lipinski definition) is 1. The van der Waals surface area contributed by atoms with E-state index in [2.05, 4.69) is 15.4 Å². The van der Waals surface area contributed by atoms with E-state index in [0.717, 1.165) is 21.2 Å².